The first kappa shape index (κ1) is 13.8. The molecule has 0 aliphatic heterocycles. The first-order valence-electron chi connectivity index (χ1n) is 6.50. The van der Waals surface area contributed by atoms with E-state index in [0.29, 0.717) is 17.2 Å². The quantitative estimate of drug-likeness (QED) is 0.760. The Bertz CT molecular complexity index is 833. The molecule has 0 spiro atoms. The van der Waals surface area contributed by atoms with Gasteiger partial charge >= 0.3 is 0 Å². The fourth-order valence-corrected chi connectivity index (χ4v) is 2.44. The number of fused-ring (bicyclic) bond motifs is 1. The number of aryl methyl sites for hydroxylation is 1. The van der Waals surface area contributed by atoms with Crippen LogP contribution in [0.1, 0.15) is 5.56 Å². The summed E-state index contributed by atoms with van der Waals surface area (Å²) in [6.45, 7) is 2.01. The monoisotopic (exact) mass is 301 g/mol. The number of nitrogens with zero attached hydrogens (tertiary/aromatic N) is 2. The van der Waals surface area contributed by atoms with Gasteiger partial charge in [-0.05, 0) is 31.2 Å². The molecule has 0 aliphatic carbocycles. The second-order valence-corrected chi connectivity index (χ2v) is 5.15. The topological polar surface area (TPSA) is 37.8 Å². The average Bonchev–Trinajstić information content (AvgIpc) is 2.49. The van der Waals surface area contributed by atoms with Crippen LogP contribution in [0.25, 0.3) is 22.3 Å². The summed E-state index contributed by atoms with van der Waals surface area (Å²) in [6.07, 6.45) is 0. The first-order chi connectivity index (χ1) is 10.1. The van der Waals surface area contributed by atoms with Crippen molar-refractivity contribution in [3.8, 4) is 11.4 Å². The number of hydrogen-bond donors (Lipinski definition) is 1. The van der Waals surface area contributed by atoms with Gasteiger partial charge in [-0.3, -0.25) is 0 Å². The van der Waals surface area contributed by atoms with Crippen LogP contribution in [-0.2, 0) is 0 Å². The van der Waals surface area contributed by atoms with Crippen molar-refractivity contribution in [3.05, 3.63) is 52.8 Å². The zero-order chi connectivity index (χ0) is 15.0. The van der Waals surface area contributed by atoms with Gasteiger partial charge in [0.15, 0.2) is 5.82 Å². The summed E-state index contributed by atoms with van der Waals surface area (Å²) in [5, 5.41) is 4.01. The van der Waals surface area contributed by atoms with E-state index in [1.165, 1.54) is 6.07 Å². The number of nitrogens with one attached hydrogen (secondary N) is 1. The maximum absolute atomic E-state index is 13.6. The predicted octanol–water partition coefficient (Wildman–Crippen LogP) is 4.44. The van der Waals surface area contributed by atoms with Gasteiger partial charge in [-0.1, -0.05) is 29.3 Å². The lowest BCUT2D eigenvalue weighted by Crippen LogP contribution is -1.99. The number of anilines is 1. The molecule has 3 rings (SSSR count). The van der Waals surface area contributed by atoms with Crippen LogP contribution in [0.5, 0.6) is 0 Å². The molecule has 5 heteroatoms. The van der Waals surface area contributed by atoms with Crippen molar-refractivity contribution in [1.82, 2.24) is 9.97 Å². The van der Waals surface area contributed by atoms with E-state index < -0.39 is 5.82 Å². The zero-order valence-electron chi connectivity index (χ0n) is 11.6. The zero-order valence-corrected chi connectivity index (χ0v) is 12.4. The smallest absolute Gasteiger partial charge is 0.163 e. The van der Waals surface area contributed by atoms with Crippen LogP contribution >= 0.6 is 11.6 Å². The number of hydrogen-bond acceptors (Lipinski definition) is 3. The molecule has 0 amide bonds. The van der Waals surface area contributed by atoms with Crippen LogP contribution < -0.4 is 5.32 Å². The molecule has 1 N–H and O–H groups in total. The minimum atomic E-state index is -0.479. The standard InChI is InChI=1S/C16H13ClFN3/c1-9-6-7-13-11(8-9)15(19-2)21-16(20-13)10-4-3-5-12(18)14(10)17/h3-8H,1-2H3,(H,19,20,21). The molecular formula is C16H13ClFN3. The second-order valence-electron chi connectivity index (χ2n) is 4.77. The van der Waals surface area contributed by atoms with Crippen molar-refractivity contribution in [2.45, 2.75) is 6.92 Å². The largest absolute Gasteiger partial charge is 0.373 e. The number of rotatable bonds is 2. The highest BCUT2D eigenvalue weighted by Crippen LogP contribution is 2.31. The molecule has 0 aliphatic rings. The summed E-state index contributed by atoms with van der Waals surface area (Å²) in [6, 6.07) is 10.5. The van der Waals surface area contributed by atoms with Crippen molar-refractivity contribution in [2.75, 3.05) is 12.4 Å². The van der Waals surface area contributed by atoms with Gasteiger partial charge in [-0.2, -0.15) is 0 Å². The molecule has 0 unspecified atom stereocenters. The summed E-state index contributed by atoms with van der Waals surface area (Å²) >= 11 is 6.02. The third kappa shape index (κ3) is 2.43. The molecule has 0 saturated heterocycles. The Balaban J connectivity index is 2.29. The Morgan fingerprint density at radius 2 is 1.95 bits per heavy atom. The van der Waals surface area contributed by atoms with Gasteiger partial charge in [0.05, 0.1) is 10.5 Å². The third-order valence-electron chi connectivity index (χ3n) is 3.28. The lowest BCUT2D eigenvalue weighted by molar-refractivity contribution is 0.628. The third-order valence-corrected chi connectivity index (χ3v) is 3.66. The van der Waals surface area contributed by atoms with Gasteiger partial charge < -0.3 is 5.32 Å². The van der Waals surface area contributed by atoms with Crippen molar-refractivity contribution in [2.24, 2.45) is 0 Å². The minimum absolute atomic E-state index is 0.0333. The van der Waals surface area contributed by atoms with Crippen molar-refractivity contribution in [1.29, 1.82) is 0 Å². The van der Waals surface area contributed by atoms with Crippen LogP contribution in [0.3, 0.4) is 0 Å². The molecule has 0 atom stereocenters. The van der Waals surface area contributed by atoms with Crippen LogP contribution in [-0.4, -0.2) is 17.0 Å². The van der Waals surface area contributed by atoms with Gasteiger partial charge in [-0.15, -0.1) is 0 Å². The first-order valence-corrected chi connectivity index (χ1v) is 6.88. The fraction of sp³-hybridized carbons (Fsp3) is 0.125. The van der Waals surface area contributed by atoms with E-state index in [-0.39, 0.29) is 5.02 Å². The van der Waals surface area contributed by atoms with E-state index in [4.69, 9.17) is 11.6 Å². The van der Waals surface area contributed by atoms with E-state index in [2.05, 4.69) is 15.3 Å². The lowest BCUT2D eigenvalue weighted by atomic mass is 10.1. The average molecular weight is 302 g/mol. The maximum atomic E-state index is 13.6. The molecule has 0 bridgehead atoms. The van der Waals surface area contributed by atoms with Gasteiger partial charge in [0, 0.05) is 18.0 Å². The number of aromatic nitrogens is 2. The lowest BCUT2D eigenvalue weighted by Gasteiger charge is -2.10. The molecule has 1 aromatic heterocycles. The van der Waals surface area contributed by atoms with Crippen LogP contribution in [0.4, 0.5) is 10.2 Å². The SMILES string of the molecule is CNc1nc(-c2cccc(F)c2Cl)nc2ccc(C)cc12. The summed E-state index contributed by atoms with van der Waals surface area (Å²) in [5.41, 5.74) is 2.39. The molecular weight excluding hydrogens is 289 g/mol. The molecule has 0 saturated carbocycles. The number of halogens is 2. The highest BCUT2D eigenvalue weighted by atomic mass is 35.5. The molecule has 21 heavy (non-hydrogen) atoms. The van der Waals surface area contributed by atoms with Crippen LogP contribution in [0.2, 0.25) is 5.02 Å². The Hall–Kier alpha value is -2.20. The van der Waals surface area contributed by atoms with Crippen molar-refractivity contribution >= 4 is 28.3 Å². The van der Waals surface area contributed by atoms with E-state index in [9.17, 15) is 4.39 Å². The summed E-state index contributed by atoms with van der Waals surface area (Å²) in [5.74, 6) is 0.618. The summed E-state index contributed by atoms with van der Waals surface area (Å²) in [4.78, 5) is 8.95. The predicted molar refractivity (Wildman–Crippen MR) is 84.2 cm³/mol. The van der Waals surface area contributed by atoms with Crippen LogP contribution in [0.15, 0.2) is 36.4 Å². The maximum Gasteiger partial charge on any atom is 0.163 e. The number of benzene rings is 2. The summed E-state index contributed by atoms with van der Waals surface area (Å²) in [7, 11) is 1.79. The Morgan fingerprint density at radius 1 is 1.14 bits per heavy atom. The van der Waals surface area contributed by atoms with E-state index >= 15 is 0 Å². The Morgan fingerprint density at radius 3 is 2.71 bits per heavy atom. The van der Waals surface area contributed by atoms with E-state index in [1.54, 1.807) is 19.2 Å². The Kier molecular flexibility index (Phi) is 3.47. The second kappa shape index (κ2) is 5.30. The van der Waals surface area contributed by atoms with Crippen molar-refractivity contribution in [3.63, 3.8) is 0 Å². The Labute approximate surface area is 126 Å². The van der Waals surface area contributed by atoms with Gasteiger partial charge in [-0.25, -0.2) is 14.4 Å². The fourth-order valence-electron chi connectivity index (χ4n) is 2.23. The van der Waals surface area contributed by atoms with Crippen molar-refractivity contribution < 1.29 is 4.39 Å². The minimum Gasteiger partial charge on any atom is -0.373 e. The molecule has 3 nitrogen and oxygen atoms in total. The molecule has 106 valence electrons. The highest BCUT2D eigenvalue weighted by molar-refractivity contribution is 6.33. The molecule has 3 aromatic rings. The molecule has 1 heterocycles. The van der Waals surface area contributed by atoms with Gasteiger partial charge in [0.2, 0.25) is 0 Å². The van der Waals surface area contributed by atoms with Gasteiger partial charge in [0.1, 0.15) is 11.6 Å². The highest BCUT2D eigenvalue weighted by Gasteiger charge is 2.13. The molecule has 0 fully saturated rings. The van der Waals surface area contributed by atoms with E-state index in [1.807, 2.05) is 25.1 Å². The normalized spacial score (nSPS) is 10.9. The van der Waals surface area contributed by atoms with Crippen LogP contribution in [0, 0.1) is 12.7 Å². The van der Waals surface area contributed by atoms with E-state index in [0.717, 1.165) is 16.5 Å². The molecule has 2 aromatic carbocycles. The van der Waals surface area contributed by atoms with Gasteiger partial charge in [0.25, 0.3) is 0 Å². The summed E-state index contributed by atoms with van der Waals surface area (Å²) < 4.78 is 13.6. The molecule has 0 radical (unpaired) electrons.